The molecule has 1 N–H and O–H groups in total. The van der Waals surface area contributed by atoms with Crippen molar-refractivity contribution in [3.05, 3.63) is 29.8 Å². The van der Waals surface area contributed by atoms with Gasteiger partial charge in [0.25, 0.3) is 0 Å². The smallest absolute Gasteiger partial charge is 0.0481 e. The number of nitrogens with zero attached hydrogens (tertiary/aromatic N) is 1. The van der Waals surface area contributed by atoms with Gasteiger partial charge in [0.2, 0.25) is 0 Å². The second-order valence-corrected chi connectivity index (χ2v) is 5.01. The highest BCUT2D eigenvalue weighted by Gasteiger charge is 2.26. The van der Waals surface area contributed by atoms with Crippen molar-refractivity contribution in [1.29, 1.82) is 0 Å². The van der Waals surface area contributed by atoms with Gasteiger partial charge in [-0.15, -0.1) is 0 Å². The normalized spacial score (nSPS) is 20.6. The van der Waals surface area contributed by atoms with Crippen molar-refractivity contribution in [1.82, 2.24) is 5.32 Å². The van der Waals surface area contributed by atoms with Crippen LogP contribution in [-0.2, 0) is 4.74 Å². The van der Waals surface area contributed by atoms with Gasteiger partial charge < -0.3 is 15.0 Å². The monoisotopic (exact) mass is 248 g/mol. The lowest BCUT2D eigenvalue weighted by molar-refractivity contribution is 0.188. The number of para-hydroxylation sites is 1. The number of benzene rings is 1. The quantitative estimate of drug-likeness (QED) is 0.867. The number of anilines is 1. The summed E-state index contributed by atoms with van der Waals surface area (Å²) in [6.07, 6.45) is 2.25. The van der Waals surface area contributed by atoms with E-state index in [1.165, 1.54) is 17.7 Å². The van der Waals surface area contributed by atoms with Gasteiger partial charge in [-0.2, -0.15) is 0 Å². The van der Waals surface area contributed by atoms with E-state index in [1.807, 2.05) is 7.05 Å². The average Bonchev–Trinajstić information content (AvgIpc) is 2.43. The minimum Gasteiger partial charge on any atom is -0.385 e. The summed E-state index contributed by atoms with van der Waals surface area (Å²) in [5, 5.41) is 3.41. The Kier molecular flexibility index (Phi) is 4.61. The molecule has 0 saturated heterocycles. The van der Waals surface area contributed by atoms with Crippen LogP contribution in [0.4, 0.5) is 5.69 Å². The van der Waals surface area contributed by atoms with Gasteiger partial charge in [0.1, 0.15) is 0 Å². The maximum Gasteiger partial charge on any atom is 0.0481 e. The van der Waals surface area contributed by atoms with Crippen LogP contribution in [0.15, 0.2) is 24.3 Å². The van der Waals surface area contributed by atoms with Gasteiger partial charge in [0.15, 0.2) is 0 Å². The number of methoxy groups -OCH3 is 1. The number of fused-ring (bicyclic) bond motifs is 1. The standard InChI is InChI=1S/C15H24N2O/c1-12(9-11-18-3)17-10-8-14(16-2)13-6-4-5-7-15(13)17/h4-7,12,14,16H,8-11H2,1-3H3. The summed E-state index contributed by atoms with van der Waals surface area (Å²) >= 11 is 0. The fourth-order valence-corrected chi connectivity index (χ4v) is 2.79. The third-order valence-corrected chi connectivity index (χ3v) is 3.90. The van der Waals surface area contributed by atoms with Crippen molar-refractivity contribution in [3.8, 4) is 0 Å². The Hall–Kier alpha value is -1.06. The Morgan fingerprint density at radius 2 is 2.22 bits per heavy atom. The SMILES string of the molecule is CNC1CCN(C(C)CCOC)c2ccccc21. The minimum absolute atomic E-state index is 0.493. The second-order valence-electron chi connectivity index (χ2n) is 5.01. The Labute approximate surface area is 110 Å². The molecule has 2 unspecified atom stereocenters. The van der Waals surface area contributed by atoms with Gasteiger partial charge in [0, 0.05) is 38.0 Å². The van der Waals surface area contributed by atoms with Crippen LogP contribution in [0.3, 0.4) is 0 Å². The van der Waals surface area contributed by atoms with E-state index < -0.39 is 0 Å². The van der Waals surface area contributed by atoms with Crippen LogP contribution >= 0.6 is 0 Å². The molecule has 1 aliphatic heterocycles. The third-order valence-electron chi connectivity index (χ3n) is 3.90. The summed E-state index contributed by atoms with van der Waals surface area (Å²) in [4.78, 5) is 2.52. The highest BCUT2D eigenvalue weighted by molar-refractivity contribution is 5.57. The van der Waals surface area contributed by atoms with Crippen LogP contribution in [0.1, 0.15) is 31.4 Å². The molecule has 0 aliphatic carbocycles. The molecule has 100 valence electrons. The molecule has 0 spiro atoms. The predicted molar refractivity (Wildman–Crippen MR) is 76.2 cm³/mol. The molecule has 1 aromatic rings. The fraction of sp³-hybridized carbons (Fsp3) is 0.600. The van der Waals surface area contributed by atoms with Gasteiger partial charge in [0.05, 0.1) is 0 Å². The second kappa shape index (κ2) is 6.21. The first-order chi connectivity index (χ1) is 8.77. The lowest BCUT2D eigenvalue weighted by Gasteiger charge is -2.39. The summed E-state index contributed by atoms with van der Waals surface area (Å²) in [5.74, 6) is 0. The maximum atomic E-state index is 5.19. The molecule has 1 heterocycles. The lowest BCUT2D eigenvalue weighted by Crippen LogP contribution is -2.40. The molecule has 0 fully saturated rings. The summed E-state index contributed by atoms with van der Waals surface area (Å²) in [5.41, 5.74) is 2.81. The molecular formula is C15H24N2O. The van der Waals surface area contributed by atoms with Crippen LogP contribution in [0.5, 0.6) is 0 Å². The molecule has 0 saturated carbocycles. The first kappa shape index (κ1) is 13.4. The molecule has 2 atom stereocenters. The molecule has 0 amide bonds. The average molecular weight is 248 g/mol. The van der Waals surface area contributed by atoms with Crippen molar-refractivity contribution >= 4 is 5.69 Å². The third kappa shape index (κ3) is 2.68. The molecule has 1 aliphatic rings. The van der Waals surface area contributed by atoms with Crippen LogP contribution in [0.25, 0.3) is 0 Å². The van der Waals surface area contributed by atoms with E-state index in [-0.39, 0.29) is 0 Å². The number of ether oxygens (including phenoxy) is 1. The van der Waals surface area contributed by atoms with E-state index in [2.05, 4.69) is 41.4 Å². The molecule has 18 heavy (non-hydrogen) atoms. The fourth-order valence-electron chi connectivity index (χ4n) is 2.79. The van der Waals surface area contributed by atoms with Gasteiger partial charge in [-0.3, -0.25) is 0 Å². The van der Waals surface area contributed by atoms with Crippen LogP contribution in [0, 0.1) is 0 Å². The zero-order chi connectivity index (χ0) is 13.0. The van der Waals surface area contributed by atoms with Crippen LogP contribution < -0.4 is 10.2 Å². The van der Waals surface area contributed by atoms with Gasteiger partial charge in [-0.25, -0.2) is 0 Å². The van der Waals surface area contributed by atoms with E-state index in [4.69, 9.17) is 4.74 Å². The maximum absolute atomic E-state index is 5.19. The Bertz CT molecular complexity index is 381. The number of rotatable bonds is 5. The van der Waals surface area contributed by atoms with Gasteiger partial charge >= 0.3 is 0 Å². The molecule has 1 aromatic carbocycles. The largest absolute Gasteiger partial charge is 0.385 e. The van der Waals surface area contributed by atoms with Crippen molar-refractivity contribution in [3.63, 3.8) is 0 Å². The summed E-state index contributed by atoms with van der Waals surface area (Å²) in [7, 11) is 3.82. The van der Waals surface area contributed by atoms with E-state index in [9.17, 15) is 0 Å². The lowest BCUT2D eigenvalue weighted by atomic mass is 9.95. The molecule has 3 nitrogen and oxygen atoms in total. The Morgan fingerprint density at radius 1 is 1.44 bits per heavy atom. The predicted octanol–water partition coefficient (Wildman–Crippen LogP) is 2.58. The molecule has 0 bridgehead atoms. The number of hydrogen-bond donors (Lipinski definition) is 1. The summed E-state index contributed by atoms with van der Waals surface area (Å²) in [6.45, 7) is 4.23. The van der Waals surface area contributed by atoms with Gasteiger partial charge in [-0.1, -0.05) is 18.2 Å². The number of nitrogens with one attached hydrogen (secondary N) is 1. The van der Waals surface area contributed by atoms with E-state index >= 15 is 0 Å². The summed E-state index contributed by atoms with van der Waals surface area (Å²) in [6, 6.07) is 9.77. The van der Waals surface area contributed by atoms with Crippen LogP contribution in [-0.4, -0.2) is 33.4 Å². The van der Waals surface area contributed by atoms with Gasteiger partial charge in [-0.05, 0) is 38.4 Å². The number of hydrogen-bond acceptors (Lipinski definition) is 3. The molecular weight excluding hydrogens is 224 g/mol. The molecule has 3 heteroatoms. The van der Waals surface area contributed by atoms with E-state index in [0.717, 1.165) is 19.6 Å². The minimum atomic E-state index is 0.493. The first-order valence-corrected chi connectivity index (χ1v) is 6.79. The Morgan fingerprint density at radius 3 is 2.94 bits per heavy atom. The van der Waals surface area contributed by atoms with E-state index in [0.29, 0.717) is 12.1 Å². The molecule has 2 rings (SSSR count). The highest BCUT2D eigenvalue weighted by atomic mass is 16.5. The van der Waals surface area contributed by atoms with Crippen molar-refractivity contribution in [2.45, 2.75) is 31.8 Å². The van der Waals surface area contributed by atoms with Crippen molar-refractivity contribution < 1.29 is 4.74 Å². The Balaban J connectivity index is 2.19. The topological polar surface area (TPSA) is 24.5 Å². The first-order valence-electron chi connectivity index (χ1n) is 6.79. The molecule has 0 radical (unpaired) electrons. The van der Waals surface area contributed by atoms with E-state index in [1.54, 1.807) is 7.11 Å². The zero-order valence-electron chi connectivity index (χ0n) is 11.6. The molecule has 0 aromatic heterocycles. The van der Waals surface area contributed by atoms with Crippen molar-refractivity contribution in [2.75, 3.05) is 32.2 Å². The van der Waals surface area contributed by atoms with Crippen molar-refractivity contribution in [2.24, 2.45) is 0 Å². The highest BCUT2D eigenvalue weighted by Crippen LogP contribution is 2.34. The van der Waals surface area contributed by atoms with Crippen LogP contribution in [0.2, 0.25) is 0 Å². The zero-order valence-corrected chi connectivity index (χ0v) is 11.6. The summed E-state index contributed by atoms with van der Waals surface area (Å²) < 4.78 is 5.19.